The lowest BCUT2D eigenvalue weighted by molar-refractivity contribution is -0.207. The lowest BCUT2D eigenvalue weighted by Gasteiger charge is -2.15. The van der Waals surface area contributed by atoms with Crippen LogP contribution in [0.2, 0.25) is 0 Å². The highest BCUT2D eigenvalue weighted by Crippen LogP contribution is 2.34. The van der Waals surface area contributed by atoms with Crippen molar-refractivity contribution in [3.05, 3.63) is 29.6 Å². The second kappa shape index (κ2) is 4.06. The van der Waals surface area contributed by atoms with Crippen LogP contribution in [0.3, 0.4) is 0 Å². The number of halogens is 4. The minimum absolute atomic E-state index is 0.0885. The number of methoxy groups -OCH3 is 1. The molecule has 1 N–H and O–H groups in total. The van der Waals surface area contributed by atoms with Crippen molar-refractivity contribution in [1.29, 1.82) is 0 Å². The van der Waals surface area contributed by atoms with Crippen LogP contribution in [-0.4, -0.2) is 18.4 Å². The highest BCUT2D eigenvalue weighted by Gasteiger charge is 2.40. The fraction of sp³-hybridized carbons (Fsp3) is 0.333. The number of rotatable bonds is 2. The summed E-state index contributed by atoms with van der Waals surface area (Å²) in [4.78, 5) is 0. The third-order valence-corrected chi connectivity index (χ3v) is 1.81. The van der Waals surface area contributed by atoms with E-state index in [2.05, 4.69) is 4.74 Å². The zero-order valence-corrected chi connectivity index (χ0v) is 7.68. The van der Waals surface area contributed by atoms with Gasteiger partial charge in [-0.15, -0.1) is 0 Å². The van der Waals surface area contributed by atoms with Crippen molar-refractivity contribution in [3.8, 4) is 5.75 Å². The van der Waals surface area contributed by atoms with Crippen molar-refractivity contribution in [2.45, 2.75) is 12.3 Å². The van der Waals surface area contributed by atoms with E-state index in [1.165, 1.54) is 7.11 Å². The van der Waals surface area contributed by atoms with Crippen LogP contribution in [0.25, 0.3) is 0 Å². The van der Waals surface area contributed by atoms with Crippen molar-refractivity contribution >= 4 is 0 Å². The SMILES string of the molecule is COc1ccc([C@H](O)C(F)(F)F)c(F)c1. The number of benzene rings is 1. The Labute approximate surface area is 83.1 Å². The molecule has 0 aliphatic rings. The van der Waals surface area contributed by atoms with Gasteiger partial charge in [0.1, 0.15) is 11.6 Å². The minimum atomic E-state index is -4.88. The average molecular weight is 224 g/mol. The van der Waals surface area contributed by atoms with E-state index in [-0.39, 0.29) is 5.75 Å². The number of aliphatic hydroxyl groups excluding tert-OH is 1. The summed E-state index contributed by atoms with van der Waals surface area (Å²) in [5, 5.41) is 8.80. The van der Waals surface area contributed by atoms with Gasteiger partial charge in [0.15, 0.2) is 6.10 Å². The molecule has 0 heterocycles. The summed E-state index contributed by atoms with van der Waals surface area (Å²) in [5.74, 6) is -1.07. The molecule has 0 aliphatic carbocycles. The lowest BCUT2D eigenvalue weighted by atomic mass is 10.1. The minimum Gasteiger partial charge on any atom is -0.497 e. The first-order valence-corrected chi connectivity index (χ1v) is 3.94. The molecule has 0 bridgehead atoms. The molecule has 0 saturated heterocycles. The monoisotopic (exact) mass is 224 g/mol. The van der Waals surface area contributed by atoms with Gasteiger partial charge < -0.3 is 9.84 Å². The first-order valence-electron chi connectivity index (χ1n) is 3.94. The molecular formula is C9H8F4O2. The lowest BCUT2D eigenvalue weighted by Crippen LogP contribution is -2.21. The predicted molar refractivity (Wildman–Crippen MR) is 44.0 cm³/mol. The fourth-order valence-electron chi connectivity index (χ4n) is 1.03. The molecule has 2 nitrogen and oxygen atoms in total. The Balaban J connectivity index is 3.06. The van der Waals surface area contributed by atoms with Crippen LogP contribution in [0.5, 0.6) is 5.75 Å². The van der Waals surface area contributed by atoms with E-state index in [1.54, 1.807) is 0 Å². The van der Waals surface area contributed by atoms with Gasteiger partial charge in [0.2, 0.25) is 0 Å². The summed E-state index contributed by atoms with van der Waals surface area (Å²) >= 11 is 0. The Kier molecular flexibility index (Phi) is 3.18. The standard InChI is InChI=1S/C9H8F4O2/c1-15-5-2-3-6(7(10)4-5)8(14)9(11,12)13/h2-4,8,14H,1H3/t8-/m0/s1. The quantitative estimate of drug-likeness (QED) is 0.782. The molecule has 0 radical (unpaired) electrons. The molecule has 0 unspecified atom stereocenters. The molecule has 15 heavy (non-hydrogen) atoms. The highest BCUT2D eigenvalue weighted by molar-refractivity contribution is 5.30. The molecule has 1 atom stereocenters. The van der Waals surface area contributed by atoms with Gasteiger partial charge in [-0.25, -0.2) is 4.39 Å². The van der Waals surface area contributed by atoms with Crippen LogP contribution in [0.4, 0.5) is 17.6 Å². The van der Waals surface area contributed by atoms with Crippen molar-refractivity contribution in [1.82, 2.24) is 0 Å². The number of hydrogen-bond acceptors (Lipinski definition) is 2. The fourth-order valence-corrected chi connectivity index (χ4v) is 1.03. The van der Waals surface area contributed by atoms with Crippen LogP contribution >= 0.6 is 0 Å². The third kappa shape index (κ3) is 2.59. The predicted octanol–water partition coefficient (Wildman–Crippen LogP) is 2.43. The summed E-state index contributed by atoms with van der Waals surface area (Å²) in [6.45, 7) is 0. The summed E-state index contributed by atoms with van der Waals surface area (Å²) < 4.78 is 53.8. The smallest absolute Gasteiger partial charge is 0.418 e. The van der Waals surface area contributed by atoms with Gasteiger partial charge in [0.25, 0.3) is 0 Å². The maximum atomic E-state index is 13.1. The normalized spacial score (nSPS) is 13.7. The van der Waals surface area contributed by atoms with Crippen molar-refractivity contribution in [2.24, 2.45) is 0 Å². The van der Waals surface area contributed by atoms with Crippen LogP contribution in [0.1, 0.15) is 11.7 Å². The molecule has 1 aromatic carbocycles. The molecular weight excluding hydrogens is 216 g/mol. The van der Waals surface area contributed by atoms with Gasteiger partial charge in [0.05, 0.1) is 7.11 Å². The van der Waals surface area contributed by atoms with Crippen LogP contribution < -0.4 is 4.74 Å². The first-order chi connectivity index (χ1) is 6.86. The summed E-state index contributed by atoms with van der Waals surface area (Å²) in [5.41, 5.74) is -0.816. The number of aliphatic hydroxyl groups is 1. The van der Waals surface area contributed by atoms with Crippen LogP contribution in [0, 0.1) is 5.82 Å². The zero-order chi connectivity index (χ0) is 11.6. The van der Waals surface area contributed by atoms with E-state index < -0.39 is 23.7 Å². The molecule has 0 amide bonds. The van der Waals surface area contributed by atoms with Crippen molar-refractivity contribution in [2.75, 3.05) is 7.11 Å². The highest BCUT2D eigenvalue weighted by atomic mass is 19.4. The third-order valence-electron chi connectivity index (χ3n) is 1.81. The maximum absolute atomic E-state index is 13.1. The maximum Gasteiger partial charge on any atom is 0.418 e. The Hall–Kier alpha value is -1.30. The molecule has 0 aliphatic heterocycles. The van der Waals surface area contributed by atoms with Crippen LogP contribution in [-0.2, 0) is 0 Å². The van der Waals surface area contributed by atoms with Gasteiger partial charge in [-0.2, -0.15) is 13.2 Å². The Morgan fingerprint density at radius 1 is 1.33 bits per heavy atom. The largest absolute Gasteiger partial charge is 0.497 e. The molecule has 84 valence electrons. The number of ether oxygens (including phenoxy) is 1. The molecule has 1 rings (SSSR count). The second-order valence-electron chi connectivity index (χ2n) is 2.83. The molecule has 1 aromatic rings. The van der Waals surface area contributed by atoms with E-state index in [0.717, 1.165) is 18.2 Å². The van der Waals surface area contributed by atoms with E-state index in [1.807, 2.05) is 0 Å². The average Bonchev–Trinajstić information content (AvgIpc) is 2.15. The van der Waals surface area contributed by atoms with E-state index in [9.17, 15) is 17.6 Å². The number of hydrogen-bond donors (Lipinski definition) is 1. The van der Waals surface area contributed by atoms with Crippen molar-refractivity contribution < 1.29 is 27.4 Å². The summed E-state index contributed by atoms with van der Waals surface area (Å²) in [7, 11) is 1.26. The summed E-state index contributed by atoms with van der Waals surface area (Å²) in [6, 6.07) is 2.77. The Morgan fingerprint density at radius 2 is 1.93 bits per heavy atom. The Bertz CT molecular complexity index is 348. The van der Waals surface area contributed by atoms with Crippen molar-refractivity contribution in [3.63, 3.8) is 0 Å². The van der Waals surface area contributed by atoms with E-state index >= 15 is 0 Å². The van der Waals surface area contributed by atoms with Gasteiger partial charge in [0, 0.05) is 11.6 Å². The van der Waals surface area contributed by atoms with Gasteiger partial charge in [-0.3, -0.25) is 0 Å². The topological polar surface area (TPSA) is 29.5 Å². The molecule has 0 spiro atoms. The molecule has 0 aromatic heterocycles. The summed E-state index contributed by atoms with van der Waals surface area (Å²) in [6.07, 6.45) is -7.70. The molecule has 0 fully saturated rings. The van der Waals surface area contributed by atoms with Gasteiger partial charge >= 0.3 is 6.18 Å². The van der Waals surface area contributed by atoms with E-state index in [0.29, 0.717) is 0 Å². The Morgan fingerprint density at radius 3 is 2.33 bits per heavy atom. The molecule has 0 saturated carbocycles. The first kappa shape index (κ1) is 11.8. The van der Waals surface area contributed by atoms with Gasteiger partial charge in [-0.05, 0) is 12.1 Å². The van der Waals surface area contributed by atoms with E-state index in [4.69, 9.17) is 5.11 Å². The number of alkyl halides is 3. The van der Waals surface area contributed by atoms with Gasteiger partial charge in [-0.1, -0.05) is 0 Å². The molecule has 6 heteroatoms. The zero-order valence-electron chi connectivity index (χ0n) is 7.68. The second-order valence-corrected chi connectivity index (χ2v) is 2.83. The van der Waals surface area contributed by atoms with Crippen LogP contribution in [0.15, 0.2) is 18.2 Å².